The second kappa shape index (κ2) is 7.62. The van der Waals surface area contributed by atoms with Crippen molar-refractivity contribution < 1.29 is 0 Å². The highest BCUT2D eigenvalue weighted by Crippen LogP contribution is 2.25. The summed E-state index contributed by atoms with van der Waals surface area (Å²) in [5.74, 6) is 0. The van der Waals surface area contributed by atoms with E-state index in [9.17, 15) is 0 Å². The van der Waals surface area contributed by atoms with Gasteiger partial charge in [0.1, 0.15) is 0 Å². The summed E-state index contributed by atoms with van der Waals surface area (Å²) in [7, 11) is 2.10. The maximum Gasteiger partial charge on any atom is 0.0931 e. The Morgan fingerprint density at radius 1 is 1.35 bits per heavy atom. The van der Waals surface area contributed by atoms with Crippen LogP contribution in [0.4, 0.5) is 5.69 Å². The monoisotopic (exact) mass is 309 g/mol. The second-order valence-corrected chi connectivity index (χ2v) is 6.54. The van der Waals surface area contributed by atoms with E-state index in [4.69, 9.17) is 11.6 Å². The number of pyridine rings is 1. The van der Waals surface area contributed by atoms with Crippen molar-refractivity contribution in [1.82, 2.24) is 10.3 Å². The average Bonchev–Trinajstić information content (AvgIpc) is 2.85. The molecular formula is C15H20ClN3S. The van der Waals surface area contributed by atoms with Crippen LogP contribution in [0.3, 0.4) is 0 Å². The third-order valence-corrected chi connectivity index (χ3v) is 4.27. The summed E-state index contributed by atoms with van der Waals surface area (Å²) in [4.78, 5) is 7.74. The zero-order valence-corrected chi connectivity index (χ0v) is 13.5. The van der Waals surface area contributed by atoms with E-state index in [1.807, 2.05) is 18.5 Å². The number of hydrogen-bond acceptors (Lipinski definition) is 4. The lowest BCUT2D eigenvalue weighted by Gasteiger charge is -2.21. The van der Waals surface area contributed by atoms with E-state index in [0.717, 1.165) is 30.4 Å². The maximum absolute atomic E-state index is 5.99. The number of anilines is 1. The van der Waals surface area contributed by atoms with E-state index in [1.54, 1.807) is 11.3 Å². The number of aromatic nitrogens is 1. The lowest BCUT2D eigenvalue weighted by molar-refractivity contribution is 0.672. The summed E-state index contributed by atoms with van der Waals surface area (Å²) in [5, 5.41) is 3.43. The Kier molecular flexibility index (Phi) is 5.83. The van der Waals surface area contributed by atoms with Crippen LogP contribution in [-0.4, -0.2) is 18.6 Å². The van der Waals surface area contributed by atoms with E-state index < -0.39 is 0 Å². The lowest BCUT2D eigenvalue weighted by atomic mass is 10.2. The number of rotatable bonds is 7. The van der Waals surface area contributed by atoms with Crippen molar-refractivity contribution >= 4 is 28.6 Å². The molecule has 0 spiro atoms. The van der Waals surface area contributed by atoms with E-state index in [0.29, 0.717) is 0 Å². The average molecular weight is 310 g/mol. The molecule has 0 aliphatic heterocycles. The zero-order valence-electron chi connectivity index (χ0n) is 11.9. The lowest BCUT2D eigenvalue weighted by Crippen LogP contribution is -2.21. The number of hydrogen-bond donors (Lipinski definition) is 1. The standard InChI is InChI=1S/C15H20ClN3S/c1-3-7-17-9-12-10-18-8-6-14(12)19(2)11-13-4-5-15(16)20-13/h4-6,8,10,17H,3,7,9,11H2,1-2H3. The number of nitrogens with one attached hydrogen (secondary N) is 1. The van der Waals surface area contributed by atoms with Gasteiger partial charge >= 0.3 is 0 Å². The highest BCUT2D eigenvalue weighted by atomic mass is 35.5. The number of nitrogens with zero attached hydrogens (tertiary/aromatic N) is 2. The minimum atomic E-state index is 0.841. The molecule has 0 aliphatic rings. The van der Waals surface area contributed by atoms with Gasteiger partial charge in [-0.05, 0) is 31.2 Å². The number of thiophene rings is 1. The molecule has 0 fully saturated rings. The Labute approximate surface area is 129 Å². The predicted molar refractivity (Wildman–Crippen MR) is 87.7 cm³/mol. The molecule has 20 heavy (non-hydrogen) atoms. The molecule has 0 aromatic carbocycles. The van der Waals surface area contributed by atoms with E-state index in [2.05, 4.69) is 41.3 Å². The van der Waals surface area contributed by atoms with Gasteiger partial charge in [-0.2, -0.15) is 0 Å². The molecule has 1 N–H and O–H groups in total. The summed E-state index contributed by atoms with van der Waals surface area (Å²) in [6, 6.07) is 6.10. The molecule has 2 rings (SSSR count). The molecule has 2 aromatic rings. The van der Waals surface area contributed by atoms with E-state index in [-0.39, 0.29) is 0 Å². The van der Waals surface area contributed by atoms with Crippen LogP contribution < -0.4 is 10.2 Å². The highest BCUT2D eigenvalue weighted by Gasteiger charge is 2.09. The van der Waals surface area contributed by atoms with Crippen molar-refractivity contribution in [3.63, 3.8) is 0 Å². The summed E-state index contributed by atoms with van der Waals surface area (Å²) >= 11 is 7.62. The molecule has 2 heterocycles. The molecule has 0 amide bonds. The Morgan fingerprint density at radius 3 is 2.90 bits per heavy atom. The van der Waals surface area contributed by atoms with Crippen molar-refractivity contribution in [3.05, 3.63) is 45.4 Å². The van der Waals surface area contributed by atoms with Crippen molar-refractivity contribution in [2.45, 2.75) is 26.4 Å². The van der Waals surface area contributed by atoms with Crippen molar-refractivity contribution in [1.29, 1.82) is 0 Å². The molecule has 2 aromatic heterocycles. The fraction of sp³-hybridized carbons (Fsp3) is 0.400. The van der Waals surface area contributed by atoms with Crippen LogP contribution in [0, 0.1) is 0 Å². The molecular weight excluding hydrogens is 290 g/mol. The molecule has 0 atom stereocenters. The second-order valence-electron chi connectivity index (χ2n) is 4.74. The fourth-order valence-corrected chi connectivity index (χ4v) is 3.23. The summed E-state index contributed by atoms with van der Waals surface area (Å²) in [5.41, 5.74) is 2.44. The van der Waals surface area contributed by atoms with Crippen LogP contribution in [0.25, 0.3) is 0 Å². The Balaban J connectivity index is 2.06. The fourth-order valence-electron chi connectivity index (χ4n) is 2.08. The van der Waals surface area contributed by atoms with Crippen molar-refractivity contribution in [2.24, 2.45) is 0 Å². The van der Waals surface area contributed by atoms with Gasteiger partial charge in [0.05, 0.1) is 10.9 Å². The molecule has 0 bridgehead atoms. The third kappa shape index (κ3) is 4.20. The quantitative estimate of drug-likeness (QED) is 0.785. The minimum Gasteiger partial charge on any atom is -0.369 e. The Morgan fingerprint density at radius 2 is 2.20 bits per heavy atom. The van der Waals surface area contributed by atoms with Gasteiger partial charge in [0, 0.05) is 42.1 Å². The molecule has 5 heteroatoms. The molecule has 0 aliphatic carbocycles. The molecule has 3 nitrogen and oxygen atoms in total. The first-order valence-corrected chi connectivity index (χ1v) is 7.99. The van der Waals surface area contributed by atoms with Gasteiger partial charge in [0.15, 0.2) is 0 Å². The van der Waals surface area contributed by atoms with Gasteiger partial charge in [0.25, 0.3) is 0 Å². The van der Waals surface area contributed by atoms with Crippen LogP contribution in [0.2, 0.25) is 4.34 Å². The van der Waals surface area contributed by atoms with E-state index in [1.165, 1.54) is 16.1 Å². The van der Waals surface area contributed by atoms with Crippen molar-refractivity contribution in [3.8, 4) is 0 Å². The minimum absolute atomic E-state index is 0.841. The van der Waals surface area contributed by atoms with Gasteiger partial charge in [-0.1, -0.05) is 18.5 Å². The maximum atomic E-state index is 5.99. The number of halogens is 1. The van der Waals surface area contributed by atoms with Crippen LogP contribution in [-0.2, 0) is 13.1 Å². The molecule has 0 saturated heterocycles. The summed E-state index contributed by atoms with van der Waals surface area (Å²) in [6.07, 6.45) is 4.92. The van der Waals surface area contributed by atoms with Gasteiger partial charge in [-0.25, -0.2) is 0 Å². The molecule has 0 saturated carbocycles. The molecule has 0 radical (unpaired) electrons. The third-order valence-electron chi connectivity index (χ3n) is 3.05. The van der Waals surface area contributed by atoms with Gasteiger partial charge < -0.3 is 10.2 Å². The van der Waals surface area contributed by atoms with Crippen LogP contribution in [0.15, 0.2) is 30.6 Å². The van der Waals surface area contributed by atoms with E-state index >= 15 is 0 Å². The summed E-state index contributed by atoms with van der Waals surface area (Å²) in [6.45, 7) is 4.91. The smallest absolute Gasteiger partial charge is 0.0931 e. The zero-order chi connectivity index (χ0) is 14.4. The normalized spacial score (nSPS) is 10.8. The van der Waals surface area contributed by atoms with Crippen LogP contribution in [0.1, 0.15) is 23.8 Å². The van der Waals surface area contributed by atoms with Gasteiger partial charge in [0.2, 0.25) is 0 Å². The molecule has 108 valence electrons. The molecule has 0 unspecified atom stereocenters. The summed E-state index contributed by atoms with van der Waals surface area (Å²) < 4.78 is 0.841. The largest absolute Gasteiger partial charge is 0.369 e. The van der Waals surface area contributed by atoms with Crippen LogP contribution in [0.5, 0.6) is 0 Å². The van der Waals surface area contributed by atoms with Crippen molar-refractivity contribution in [2.75, 3.05) is 18.5 Å². The first-order chi connectivity index (χ1) is 9.70. The highest BCUT2D eigenvalue weighted by molar-refractivity contribution is 7.16. The predicted octanol–water partition coefficient (Wildman–Crippen LogP) is 3.93. The van der Waals surface area contributed by atoms with Gasteiger partial charge in [-0.15, -0.1) is 11.3 Å². The SMILES string of the molecule is CCCNCc1cnccc1N(C)Cc1ccc(Cl)s1. The topological polar surface area (TPSA) is 28.2 Å². The van der Waals surface area contributed by atoms with Crippen LogP contribution >= 0.6 is 22.9 Å². The first-order valence-electron chi connectivity index (χ1n) is 6.79. The van der Waals surface area contributed by atoms with Gasteiger partial charge in [-0.3, -0.25) is 4.98 Å². The Bertz CT molecular complexity index is 541. The first kappa shape index (κ1) is 15.3. The Hall–Kier alpha value is -1.10.